The lowest BCUT2D eigenvalue weighted by molar-refractivity contribution is -0.120. The van der Waals surface area contributed by atoms with Gasteiger partial charge in [0, 0.05) is 12.2 Å². The van der Waals surface area contributed by atoms with Crippen LogP contribution in [0.15, 0.2) is 67.3 Å². The van der Waals surface area contributed by atoms with Crippen molar-refractivity contribution in [3.63, 3.8) is 0 Å². The molecule has 4 heteroatoms. The van der Waals surface area contributed by atoms with Gasteiger partial charge in [0.15, 0.2) is 6.61 Å². The van der Waals surface area contributed by atoms with Crippen LogP contribution in [0.1, 0.15) is 5.56 Å². The molecule has 0 bridgehead atoms. The molecule has 0 fully saturated rings. The van der Waals surface area contributed by atoms with Crippen molar-refractivity contribution in [1.29, 1.82) is 5.26 Å². The molecule has 0 saturated carbocycles. The summed E-state index contributed by atoms with van der Waals surface area (Å²) in [4.78, 5) is 14.0. The molecule has 22 heavy (non-hydrogen) atoms. The van der Waals surface area contributed by atoms with Crippen LogP contribution < -0.4 is 9.64 Å². The van der Waals surface area contributed by atoms with E-state index in [1.54, 1.807) is 35.2 Å². The van der Waals surface area contributed by atoms with E-state index in [9.17, 15) is 4.79 Å². The highest BCUT2D eigenvalue weighted by Gasteiger charge is 2.15. The first-order valence-corrected chi connectivity index (χ1v) is 6.84. The number of amides is 1. The molecule has 0 unspecified atom stereocenters. The van der Waals surface area contributed by atoms with Crippen molar-refractivity contribution in [2.75, 3.05) is 18.1 Å². The van der Waals surface area contributed by atoms with Gasteiger partial charge >= 0.3 is 0 Å². The average molecular weight is 292 g/mol. The van der Waals surface area contributed by atoms with Gasteiger partial charge in [-0.1, -0.05) is 36.4 Å². The maximum absolute atomic E-state index is 12.4. The second-order valence-electron chi connectivity index (χ2n) is 4.53. The minimum Gasteiger partial charge on any atom is -0.482 e. The van der Waals surface area contributed by atoms with E-state index in [0.29, 0.717) is 17.9 Å². The van der Waals surface area contributed by atoms with Crippen LogP contribution in [0.3, 0.4) is 0 Å². The first-order valence-electron chi connectivity index (χ1n) is 6.84. The maximum atomic E-state index is 12.4. The highest BCUT2D eigenvalue weighted by Crippen LogP contribution is 2.18. The Kier molecular flexibility index (Phi) is 5.33. The van der Waals surface area contributed by atoms with Gasteiger partial charge in [-0.3, -0.25) is 4.79 Å². The molecule has 110 valence electrons. The van der Waals surface area contributed by atoms with E-state index in [4.69, 9.17) is 10.00 Å². The van der Waals surface area contributed by atoms with Gasteiger partial charge in [0.2, 0.25) is 0 Å². The lowest BCUT2D eigenvalue weighted by atomic mass is 10.2. The molecule has 4 nitrogen and oxygen atoms in total. The minimum absolute atomic E-state index is 0.137. The second-order valence-corrected chi connectivity index (χ2v) is 4.53. The summed E-state index contributed by atoms with van der Waals surface area (Å²) in [5.41, 5.74) is 1.19. The van der Waals surface area contributed by atoms with Crippen molar-refractivity contribution >= 4 is 11.6 Å². The molecule has 0 aromatic heterocycles. The van der Waals surface area contributed by atoms with E-state index in [1.165, 1.54) is 0 Å². The highest BCUT2D eigenvalue weighted by molar-refractivity contribution is 5.94. The fourth-order valence-corrected chi connectivity index (χ4v) is 1.99. The van der Waals surface area contributed by atoms with Crippen molar-refractivity contribution in [3.8, 4) is 11.8 Å². The van der Waals surface area contributed by atoms with E-state index in [2.05, 4.69) is 6.58 Å². The number of hydrogen-bond acceptors (Lipinski definition) is 3. The molecule has 1 amide bonds. The summed E-state index contributed by atoms with van der Waals surface area (Å²) in [5, 5.41) is 9.02. The van der Waals surface area contributed by atoms with Gasteiger partial charge in [-0.05, 0) is 24.3 Å². The zero-order chi connectivity index (χ0) is 15.8. The molecule has 0 heterocycles. The number of nitrogens with zero attached hydrogens (tertiary/aromatic N) is 2. The summed E-state index contributed by atoms with van der Waals surface area (Å²) in [6.07, 6.45) is 1.66. The van der Waals surface area contributed by atoms with Crippen molar-refractivity contribution in [2.24, 2.45) is 0 Å². The Hall–Kier alpha value is -3.06. The number of hydrogen-bond donors (Lipinski definition) is 0. The standard InChI is InChI=1S/C18H16N2O2/c1-2-12-20(16-9-4-3-5-10-16)18(21)14-22-17-11-7-6-8-15(17)13-19/h2-11H,1,12,14H2. The average Bonchev–Trinajstić information content (AvgIpc) is 2.58. The van der Waals surface area contributed by atoms with Gasteiger partial charge in [-0.15, -0.1) is 6.58 Å². The third-order valence-electron chi connectivity index (χ3n) is 3.04. The minimum atomic E-state index is -0.196. The summed E-state index contributed by atoms with van der Waals surface area (Å²) in [7, 11) is 0. The Labute approximate surface area is 129 Å². The predicted octanol–water partition coefficient (Wildman–Crippen LogP) is 3.16. The summed E-state index contributed by atoms with van der Waals surface area (Å²) in [6, 6.07) is 18.2. The Bertz CT molecular complexity index is 690. The van der Waals surface area contributed by atoms with Gasteiger partial charge in [0.1, 0.15) is 11.8 Å². The Morgan fingerprint density at radius 3 is 2.55 bits per heavy atom. The largest absolute Gasteiger partial charge is 0.482 e. The fraction of sp³-hybridized carbons (Fsp3) is 0.111. The zero-order valence-corrected chi connectivity index (χ0v) is 12.1. The maximum Gasteiger partial charge on any atom is 0.265 e. The van der Waals surface area contributed by atoms with Crippen molar-refractivity contribution in [3.05, 3.63) is 72.8 Å². The normalized spacial score (nSPS) is 9.59. The fourth-order valence-electron chi connectivity index (χ4n) is 1.99. The number of rotatable bonds is 6. The van der Waals surface area contributed by atoms with Crippen LogP contribution in [0.2, 0.25) is 0 Å². The molecule has 2 aromatic rings. The van der Waals surface area contributed by atoms with Crippen LogP contribution in [-0.2, 0) is 4.79 Å². The first kappa shape index (κ1) is 15.3. The molecule has 0 N–H and O–H groups in total. The zero-order valence-electron chi connectivity index (χ0n) is 12.1. The molecule has 0 aliphatic carbocycles. The van der Waals surface area contributed by atoms with Gasteiger partial charge in [0.05, 0.1) is 5.56 Å². The molecule has 0 aliphatic rings. The summed E-state index contributed by atoms with van der Waals surface area (Å²) < 4.78 is 5.49. The lowest BCUT2D eigenvalue weighted by Gasteiger charge is -2.21. The van der Waals surface area contributed by atoms with Crippen molar-refractivity contribution < 1.29 is 9.53 Å². The molecule has 2 aromatic carbocycles. The van der Waals surface area contributed by atoms with E-state index >= 15 is 0 Å². The van der Waals surface area contributed by atoms with E-state index in [1.807, 2.05) is 36.4 Å². The quantitative estimate of drug-likeness (QED) is 0.768. The number of carbonyl (C=O) groups is 1. The highest BCUT2D eigenvalue weighted by atomic mass is 16.5. The molecule has 0 atom stereocenters. The first-order chi connectivity index (χ1) is 10.8. The monoisotopic (exact) mass is 292 g/mol. The molecular weight excluding hydrogens is 276 g/mol. The van der Waals surface area contributed by atoms with Crippen LogP contribution in [0.5, 0.6) is 5.75 Å². The van der Waals surface area contributed by atoms with Crippen molar-refractivity contribution in [1.82, 2.24) is 0 Å². The molecule has 0 aliphatic heterocycles. The second kappa shape index (κ2) is 7.65. The number of ether oxygens (including phenoxy) is 1. The summed E-state index contributed by atoms with van der Waals surface area (Å²) >= 11 is 0. The van der Waals surface area contributed by atoms with E-state index < -0.39 is 0 Å². The van der Waals surface area contributed by atoms with Crippen LogP contribution in [0.25, 0.3) is 0 Å². The topological polar surface area (TPSA) is 53.3 Å². The number of benzene rings is 2. The van der Waals surface area contributed by atoms with Gasteiger partial charge in [0.25, 0.3) is 5.91 Å². The van der Waals surface area contributed by atoms with Gasteiger partial charge in [-0.2, -0.15) is 5.26 Å². The molecule has 0 spiro atoms. The molecule has 0 saturated heterocycles. The third kappa shape index (κ3) is 3.74. The van der Waals surface area contributed by atoms with Gasteiger partial charge < -0.3 is 9.64 Å². The van der Waals surface area contributed by atoms with E-state index in [-0.39, 0.29) is 12.5 Å². The summed E-state index contributed by atoms with van der Waals surface area (Å²) in [6.45, 7) is 3.93. The number of nitriles is 1. The Balaban J connectivity index is 2.09. The number of carbonyl (C=O) groups excluding carboxylic acids is 1. The van der Waals surface area contributed by atoms with Crippen molar-refractivity contribution in [2.45, 2.75) is 0 Å². The number of anilines is 1. The third-order valence-corrected chi connectivity index (χ3v) is 3.04. The molecular formula is C18H16N2O2. The summed E-state index contributed by atoms with van der Waals surface area (Å²) in [5.74, 6) is 0.212. The van der Waals surface area contributed by atoms with E-state index in [0.717, 1.165) is 5.69 Å². The SMILES string of the molecule is C=CCN(C(=O)COc1ccccc1C#N)c1ccccc1. The van der Waals surface area contributed by atoms with Crippen LogP contribution in [-0.4, -0.2) is 19.1 Å². The molecule has 0 radical (unpaired) electrons. The van der Waals surface area contributed by atoms with Crippen LogP contribution in [0.4, 0.5) is 5.69 Å². The Morgan fingerprint density at radius 1 is 1.18 bits per heavy atom. The Morgan fingerprint density at radius 2 is 1.86 bits per heavy atom. The van der Waals surface area contributed by atoms with Crippen LogP contribution >= 0.6 is 0 Å². The molecule has 2 rings (SSSR count). The van der Waals surface area contributed by atoms with Crippen LogP contribution in [0, 0.1) is 11.3 Å². The number of para-hydroxylation sites is 2. The smallest absolute Gasteiger partial charge is 0.265 e. The lowest BCUT2D eigenvalue weighted by Crippen LogP contribution is -2.35. The predicted molar refractivity (Wildman–Crippen MR) is 85.6 cm³/mol. The van der Waals surface area contributed by atoms with Gasteiger partial charge in [-0.25, -0.2) is 0 Å².